The van der Waals surface area contributed by atoms with Crippen molar-refractivity contribution >= 4 is 5.91 Å². The molecule has 1 aromatic heterocycles. The average molecular weight is 323 g/mol. The van der Waals surface area contributed by atoms with Crippen LogP contribution in [0.5, 0.6) is 0 Å². The topological polar surface area (TPSA) is 57.8 Å². The maximum atomic E-state index is 13.0. The SMILES string of the molecule is Cc1ccc(-c2[nH]ncc2C(=O)N[C@H](C)c2ccc(F)cc2)cc1. The lowest BCUT2D eigenvalue weighted by atomic mass is 10.0. The zero-order valence-electron chi connectivity index (χ0n) is 13.5. The highest BCUT2D eigenvalue weighted by molar-refractivity contribution is 5.99. The molecular formula is C19H18FN3O. The minimum Gasteiger partial charge on any atom is -0.345 e. The molecule has 0 saturated heterocycles. The fraction of sp³-hybridized carbons (Fsp3) is 0.158. The van der Waals surface area contributed by atoms with E-state index in [9.17, 15) is 9.18 Å². The van der Waals surface area contributed by atoms with Gasteiger partial charge in [0, 0.05) is 5.56 Å². The van der Waals surface area contributed by atoms with Crippen LogP contribution in [0.1, 0.15) is 34.5 Å². The lowest BCUT2D eigenvalue weighted by molar-refractivity contribution is 0.0940. The van der Waals surface area contributed by atoms with Crippen molar-refractivity contribution in [1.82, 2.24) is 15.5 Å². The van der Waals surface area contributed by atoms with Gasteiger partial charge in [0.05, 0.1) is 23.5 Å². The van der Waals surface area contributed by atoms with Gasteiger partial charge < -0.3 is 5.32 Å². The Bertz CT molecular complexity index is 838. The number of nitrogens with one attached hydrogen (secondary N) is 2. The predicted molar refractivity (Wildman–Crippen MR) is 91.0 cm³/mol. The Labute approximate surface area is 139 Å². The molecule has 0 aliphatic heterocycles. The molecule has 2 N–H and O–H groups in total. The molecule has 0 unspecified atom stereocenters. The summed E-state index contributed by atoms with van der Waals surface area (Å²) in [5.74, 6) is -0.523. The van der Waals surface area contributed by atoms with Crippen LogP contribution in [0.3, 0.4) is 0 Å². The first kappa shape index (κ1) is 15.9. The highest BCUT2D eigenvalue weighted by Crippen LogP contribution is 2.22. The van der Waals surface area contributed by atoms with E-state index in [0.29, 0.717) is 11.3 Å². The molecule has 122 valence electrons. The number of carbonyl (C=O) groups is 1. The van der Waals surface area contributed by atoms with Crippen LogP contribution in [0.4, 0.5) is 4.39 Å². The maximum absolute atomic E-state index is 13.0. The summed E-state index contributed by atoms with van der Waals surface area (Å²) in [5.41, 5.74) is 4.05. The highest BCUT2D eigenvalue weighted by Gasteiger charge is 2.17. The lowest BCUT2D eigenvalue weighted by Crippen LogP contribution is -2.26. The van der Waals surface area contributed by atoms with Gasteiger partial charge >= 0.3 is 0 Å². The summed E-state index contributed by atoms with van der Waals surface area (Å²) in [6.45, 7) is 3.87. The van der Waals surface area contributed by atoms with Crippen molar-refractivity contribution in [2.45, 2.75) is 19.9 Å². The van der Waals surface area contributed by atoms with Gasteiger partial charge in [-0.1, -0.05) is 42.0 Å². The van der Waals surface area contributed by atoms with Crippen LogP contribution in [-0.4, -0.2) is 16.1 Å². The molecule has 1 atom stereocenters. The van der Waals surface area contributed by atoms with Crippen molar-refractivity contribution in [1.29, 1.82) is 0 Å². The van der Waals surface area contributed by atoms with E-state index in [1.54, 1.807) is 12.1 Å². The Morgan fingerprint density at radius 1 is 1.12 bits per heavy atom. The van der Waals surface area contributed by atoms with Crippen LogP contribution in [0.25, 0.3) is 11.3 Å². The number of aryl methyl sites for hydroxylation is 1. The second kappa shape index (κ2) is 6.66. The first-order valence-corrected chi connectivity index (χ1v) is 7.71. The molecule has 1 heterocycles. The third-order valence-electron chi connectivity index (χ3n) is 3.94. The highest BCUT2D eigenvalue weighted by atomic mass is 19.1. The first-order valence-electron chi connectivity index (χ1n) is 7.71. The average Bonchev–Trinajstić information content (AvgIpc) is 3.06. The largest absolute Gasteiger partial charge is 0.345 e. The van der Waals surface area contributed by atoms with Gasteiger partial charge in [0.1, 0.15) is 5.82 Å². The third-order valence-corrected chi connectivity index (χ3v) is 3.94. The smallest absolute Gasteiger partial charge is 0.255 e. The summed E-state index contributed by atoms with van der Waals surface area (Å²) in [7, 11) is 0. The van der Waals surface area contributed by atoms with E-state index in [2.05, 4.69) is 15.5 Å². The zero-order chi connectivity index (χ0) is 17.1. The van der Waals surface area contributed by atoms with Crippen LogP contribution in [0, 0.1) is 12.7 Å². The minimum atomic E-state index is -0.297. The van der Waals surface area contributed by atoms with Gasteiger partial charge in [-0.15, -0.1) is 0 Å². The number of nitrogens with zero attached hydrogens (tertiary/aromatic N) is 1. The molecule has 0 saturated carbocycles. The zero-order valence-corrected chi connectivity index (χ0v) is 13.5. The molecule has 2 aromatic carbocycles. The molecule has 1 amide bonds. The molecule has 4 nitrogen and oxygen atoms in total. The molecule has 24 heavy (non-hydrogen) atoms. The van der Waals surface area contributed by atoms with Crippen molar-refractivity contribution in [2.24, 2.45) is 0 Å². The van der Waals surface area contributed by atoms with Crippen molar-refractivity contribution in [3.63, 3.8) is 0 Å². The number of amides is 1. The summed E-state index contributed by atoms with van der Waals surface area (Å²) in [5, 5.41) is 9.80. The van der Waals surface area contributed by atoms with E-state index < -0.39 is 0 Å². The molecule has 0 radical (unpaired) electrons. The third kappa shape index (κ3) is 3.35. The van der Waals surface area contributed by atoms with Gasteiger partial charge in [0.25, 0.3) is 5.91 Å². The Kier molecular flexibility index (Phi) is 4.42. The fourth-order valence-corrected chi connectivity index (χ4v) is 2.51. The molecule has 0 spiro atoms. The summed E-state index contributed by atoms with van der Waals surface area (Å²) in [6.07, 6.45) is 1.52. The van der Waals surface area contributed by atoms with E-state index >= 15 is 0 Å². The fourth-order valence-electron chi connectivity index (χ4n) is 2.51. The number of hydrogen-bond donors (Lipinski definition) is 2. The molecule has 0 aliphatic rings. The predicted octanol–water partition coefficient (Wildman–Crippen LogP) is 4.02. The van der Waals surface area contributed by atoms with Crippen LogP contribution in [-0.2, 0) is 0 Å². The van der Waals surface area contributed by atoms with Crippen LogP contribution in [0.2, 0.25) is 0 Å². The van der Waals surface area contributed by atoms with E-state index in [-0.39, 0.29) is 17.8 Å². The summed E-state index contributed by atoms with van der Waals surface area (Å²) < 4.78 is 13.0. The van der Waals surface area contributed by atoms with Crippen LogP contribution in [0.15, 0.2) is 54.7 Å². The second-order valence-electron chi connectivity index (χ2n) is 5.77. The van der Waals surface area contributed by atoms with Gasteiger partial charge in [-0.3, -0.25) is 9.89 Å². The van der Waals surface area contributed by atoms with Gasteiger partial charge in [0.15, 0.2) is 0 Å². The number of halogens is 1. The van der Waals surface area contributed by atoms with Gasteiger partial charge in [-0.2, -0.15) is 5.10 Å². The van der Waals surface area contributed by atoms with Crippen molar-refractivity contribution in [3.8, 4) is 11.3 Å². The van der Waals surface area contributed by atoms with Gasteiger partial charge in [0.2, 0.25) is 0 Å². The van der Waals surface area contributed by atoms with E-state index in [0.717, 1.165) is 16.7 Å². The number of aromatic nitrogens is 2. The second-order valence-corrected chi connectivity index (χ2v) is 5.77. The Morgan fingerprint density at radius 2 is 1.79 bits per heavy atom. The number of carbonyl (C=O) groups excluding carboxylic acids is 1. The van der Waals surface area contributed by atoms with E-state index in [4.69, 9.17) is 0 Å². The minimum absolute atomic E-state index is 0.226. The quantitative estimate of drug-likeness (QED) is 0.762. The number of hydrogen-bond acceptors (Lipinski definition) is 2. The Balaban J connectivity index is 1.80. The normalized spacial score (nSPS) is 12.0. The molecule has 0 bridgehead atoms. The maximum Gasteiger partial charge on any atom is 0.255 e. The van der Waals surface area contributed by atoms with Gasteiger partial charge in [-0.25, -0.2) is 4.39 Å². The monoisotopic (exact) mass is 323 g/mol. The van der Waals surface area contributed by atoms with E-state index in [1.807, 2.05) is 38.1 Å². The van der Waals surface area contributed by atoms with E-state index in [1.165, 1.54) is 18.3 Å². The Morgan fingerprint density at radius 3 is 2.46 bits per heavy atom. The summed E-state index contributed by atoms with van der Waals surface area (Å²) in [4.78, 5) is 12.6. The van der Waals surface area contributed by atoms with Gasteiger partial charge in [-0.05, 0) is 31.5 Å². The molecule has 5 heteroatoms. The number of aromatic amines is 1. The standard InChI is InChI=1S/C19H18FN3O/c1-12-3-5-15(6-4-12)18-17(11-21-23-18)19(24)22-13(2)14-7-9-16(20)10-8-14/h3-11,13H,1-2H3,(H,21,23)(H,22,24)/t13-/m1/s1. The van der Waals surface area contributed by atoms with Crippen LogP contribution >= 0.6 is 0 Å². The Hall–Kier alpha value is -2.95. The van der Waals surface area contributed by atoms with Crippen LogP contribution < -0.4 is 5.32 Å². The van der Waals surface area contributed by atoms with Crippen molar-refractivity contribution in [2.75, 3.05) is 0 Å². The van der Waals surface area contributed by atoms with Crippen molar-refractivity contribution < 1.29 is 9.18 Å². The van der Waals surface area contributed by atoms with Crippen molar-refractivity contribution in [3.05, 3.63) is 77.2 Å². The summed E-state index contributed by atoms with van der Waals surface area (Å²) >= 11 is 0. The number of H-pyrrole nitrogens is 1. The molecule has 0 fully saturated rings. The first-order chi connectivity index (χ1) is 11.5. The molecular weight excluding hydrogens is 305 g/mol. The summed E-state index contributed by atoms with van der Waals surface area (Å²) in [6, 6.07) is 13.7. The number of rotatable bonds is 4. The number of benzene rings is 2. The molecule has 0 aliphatic carbocycles. The lowest BCUT2D eigenvalue weighted by Gasteiger charge is -2.14. The molecule has 3 rings (SSSR count). The molecule has 3 aromatic rings.